The van der Waals surface area contributed by atoms with Crippen molar-refractivity contribution in [2.24, 2.45) is 5.92 Å². The Labute approximate surface area is 146 Å². The number of aromatic hydroxyl groups is 1. The van der Waals surface area contributed by atoms with Crippen molar-refractivity contribution in [1.29, 1.82) is 0 Å². The number of fused-ring (bicyclic) bond motifs is 3. The standard InChI is InChI=1S/C21H20O4/c1-11(22)12-6-7-13-9-17-16(20(23)15(13)8-12)10-14-4-3-5-18(25-2)19(14)21(17)24/h3-5,9,12,23H,6-8,10H2,1-2H3/t12-/m0/s1. The van der Waals surface area contributed by atoms with Crippen LogP contribution in [0.15, 0.2) is 24.3 Å². The SMILES string of the molecule is COc1cccc2c1C(=O)c1cc3c(c(O)c1C2)C[C@@H](C(C)=O)CC3. The highest BCUT2D eigenvalue weighted by Gasteiger charge is 2.33. The van der Waals surface area contributed by atoms with E-state index in [0.29, 0.717) is 41.7 Å². The zero-order valence-corrected chi connectivity index (χ0v) is 14.4. The molecule has 0 amide bonds. The van der Waals surface area contributed by atoms with Gasteiger partial charge in [0.15, 0.2) is 5.78 Å². The Morgan fingerprint density at radius 3 is 2.76 bits per heavy atom. The molecule has 4 nitrogen and oxygen atoms in total. The molecule has 2 aromatic rings. The predicted molar refractivity (Wildman–Crippen MR) is 93.5 cm³/mol. The molecule has 4 heteroatoms. The molecule has 0 spiro atoms. The van der Waals surface area contributed by atoms with Crippen molar-refractivity contribution in [2.75, 3.05) is 7.11 Å². The molecule has 2 aromatic carbocycles. The third-order valence-electron chi connectivity index (χ3n) is 5.56. The third kappa shape index (κ3) is 2.36. The summed E-state index contributed by atoms with van der Waals surface area (Å²) in [5.74, 6) is 0.791. The summed E-state index contributed by atoms with van der Waals surface area (Å²) in [5.41, 5.74) is 4.52. The molecule has 0 saturated heterocycles. The summed E-state index contributed by atoms with van der Waals surface area (Å²) >= 11 is 0. The zero-order chi connectivity index (χ0) is 17.7. The highest BCUT2D eigenvalue weighted by Crippen LogP contribution is 2.42. The number of hydrogen-bond acceptors (Lipinski definition) is 4. The third-order valence-corrected chi connectivity index (χ3v) is 5.56. The average Bonchev–Trinajstić information content (AvgIpc) is 2.62. The van der Waals surface area contributed by atoms with Crippen LogP contribution in [0.2, 0.25) is 0 Å². The molecule has 0 bridgehead atoms. The van der Waals surface area contributed by atoms with Crippen LogP contribution in [-0.4, -0.2) is 23.8 Å². The van der Waals surface area contributed by atoms with E-state index in [1.165, 1.54) is 0 Å². The zero-order valence-electron chi connectivity index (χ0n) is 14.4. The molecule has 0 radical (unpaired) electrons. The van der Waals surface area contributed by atoms with Gasteiger partial charge in [0.25, 0.3) is 0 Å². The summed E-state index contributed by atoms with van der Waals surface area (Å²) in [4.78, 5) is 24.8. The van der Waals surface area contributed by atoms with Crippen molar-refractivity contribution in [3.8, 4) is 11.5 Å². The van der Waals surface area contributed by atoms with Crippen LogP contribution in [0.5, 0.6) is 11.5 Å². The van der Waals surface area contributed by atoms with Gasteiger partial charge in [0, 0.05) is 23.5 Å². The Morgan fingerprint density at radius 1 is 1.24 bits per heavy atom. The lowest BCUT2D eigenvalue weighted by molar-refractivity contribution is -0.121. The summed E-state index contributed by atoms with van der Waals surface area (Å²) in [6.07, 6.45) is 2.54. The molecule has 1 atom stereocenters. The van der Waals surface area contributed by atoms with E-state index in [1.807, 2.05) is 18.2 Å². The number of rotatable bonds is 2. The Bertz CT molecular complexity index is 911. The van der Waals surface area contributed by atoms with E-state index in [2.05, 4.69) is 0 Å². The Hall–Kier alpha value is -2.62. The predicted octanol–water partition coefficient (Wildman–Crippen LogP) is 3.23. The molecular formula is C21H20O4. The number of ketones is 2. The van der Waals surface area contributed by atoms with Crippen molar-refractivity contribution in [2.45, 2.75) is 32.6 Å². The molecule has 0 fully saturated rings. The fraction of sp³-hybridized carbons (Fsp3) is 0.333. The van der Waals surface area contributed by atoms with Gasteiger partial charge in [-0.05, 0) is 55.0 Å². The normalized spacial score (nSPS) is 18.2. The number of phenols is 1. The van der Waals surface area contributed by atoms with Gasteiger partial charge >= 0.3 is 0 Å². The second-order valence-corrected chi connectivity index (χ2v) is 6.94. The molecular weight excluding hydrogens is 316 g/mol. The van der Waals surface area contributed by atoms with Crippen LogP contribution in [0.25, 0.3) is 0 Å². The molecule has 0 saturated carbocycles. The first-order valence-electron chi connectivity index (χ1n) is 8.58. The van der Waals surface area contributed by atoms with Crippen LogP contribution in [0.3, 0.4) is 0 Å². The number of hydrogen-bond donors (Lipinski definition) is 1. The number of carbonyl (C=O) groups excluding carboxylic acids is 2. The molecule has 0 heterocycles. The summed E-state index contributed by atoms with van der Waals surface area (Å²) in [6, 6.07) is 7.46. The van der Waals surface area contributed by atoms with E-state index in [9.17, 15) is 14.7 Å². The van der Waals surface area contributed by atoms with Gasteiger partial charge in [0.05, 0.1) is 12.7 Å². The maximum absolute atomic E-state index is 13.1. The highest BCUT2D eigenvalue weighted by molar-refractivity contribution is 6.14. The van der Waals surface area contributed by atoms with Crippen molar-refractivity contribution < 1.29 is 19.4 Å². The van der Waals surface area contributed by atoms with Crippen LogP contribution >= 0.6 is 0 Å². The van der Waals surface area contributed by atoms with Crippen molar-refractivity contribution in [1.82, 2.24) is 0 Å². The molecule has 2 aliphatic carbocycles. The van der Waals surface area contributed by atoms with E-state index in [0.717, 1.165) is 23.1 Å². The molecule has 1 N–H and O–H groups in total. The van der Waals surface area contributed by atoms with Gasteiger partial charge in [0.2, 0.25) is 0 Å². The summed E-state index contributed by atoms with van der Waals surface area (Å²) in [6.45, 7) is 1.61. The monoisotopic (exact) mass is 336 g/mol. The number of aryl methyl sites for hydroxylation is 1. The van der Waals surface area contributed by atoms with Crippen molar-refractivity contribution >= 4 is 11.6 Å². The van der Waals surface area contributed by atoms with Gasteiger partial charge < -0.3 is 9.84 Å². The number of methoxy groups -OCH3 is 1. The smallest absolute Gasteiger partial charge is 0.197 e. The summed E-state index contributed by atoms with van der Waals surface area (Å²) in [5, 5.41) is 10.9. The van der Waals surface area contributed by atoms with Gasteiger partial charge in [-0.3, -0.25) is 9.59 Å². The lowest BCUT2D eigenvalue weighted by Crippen LogP contribution is -2.23. The van der Waals surface area contributed by atoms with Crippen LogP contribution in [0.1, 0.15) is 51.5 Å². The number of carbonyl (C=O) groups is 2. The average molecular weight is 336 g/mol. The first kappa shape index (κ1) is 15.9. The highest BCUT2D eigenvalue weighted by atomic mass is 16.5. The van der Waals surface area contributed by atoms with Gasteiger partial charge in [-0.2, -0.15) is 0 Å². The molecule has 128 valence electrons. The number of Topliss-reactive ketones (excluding diaryl/α,β-unsaturated/α-hetero) is 1. The minimum atomic E-state index is -0.0968. The van der Waals surface area contributed by atoms with E-state index in [1.54, 1.807) is 20.1 Å². The van der Waals surface area contributed by atoms with E-state index >= 15 is 0 Å². The maximum atomic E-state index is 13.1. The molecule has 25 heavy (non-hydrogen) atoms. The van der Waals surface area contributed by atoms with Gasteiger partial charge in [-0.1, -0.05) is 12.1 Å². The van der Waals surface area contributed by atoms with E-state index < -0.39 is 0 Å². The molecule has 0 unspecified atom stereocenters. The topological polar surface area (TPSA) is 63.6 Å². The van der Waals surface area contributed by atoms with Crippen LogP contribution in [-0.2, 0) is 24.1 Å². The Kier molecular flexibility index (Phi) is 3.64. The first-order chi connectivity index (χ1) is 12.0. The van der Waals surface area contributed by atoms with Crippen LogP contribution in [0.4, 0.5) is 0 Å². The number of ether oxygens (including phenoxy) is 1. The lowest BCUT2D eigenvalue weighted by atomic mass is 9.76. The van der Waals surface area contributed by atoms with Gasteiger partial charge in [-0.25, -0.2) is 0 Å². The molecule has 4 rings (SSSR count). The van der Waals surface area contributed by atoms with Gasteiger partial charge in [0.1, 0.15) is 17.3 Å². The van der Waals surface area contributed by atoms with E-state index in [4.69, 9.17) is 4.74 Å². The van der Waals surface area contributed by atoms with Crippen LogP contribution in [0, 0.1) is 5.92 Å². The Morgan fingerprint density at radius 2 is 2.04 bits per heavy atom. The minimum absolute atomic E-state index is 0.0388. The van der Waals surface area contributed by atoms with Crippen molar-refractivity contribution in [3.05, 3.63) is 57.6 Å². The molecule has 0 aliphatic heterocycles. The first-order valence-corrected chi connectivity index (χ1v) is 8.58. The number of benzene rings is 2. The largest absolute Gasteiger partial charge is 0.507 e. The molecule has 2 aliphatic rings. The Balaban J connectivity index is 1.86. The van der Waals surface area contributed by atoms with Crippen LogP contribution < -0.4 is 4.74 Å². The fourth-order valence-electron chi connectivity index (χ4n) is 4.14. The summed E-state index contributed by atoms with van der Waals surface area (Å²) in [7, 11) is 1.56. The lowest BCUT2D eigenvalue weighted by Gasteiger charge is -2.28. The second-order valence-electron chi connectivity index (χ2n) is 6.94. The minimum Gasteiger partial charge on any atom is -0.507 e. The van der Waals surface area contributed by atoms with E-state index in [-0.39, 0.29) is 23.2 Å². The summed E-state index contributed by atoms with van der Waals surface area (Å²) < 4.78 is 5.36. The fourth-order valence-corrected chi connectivity index (χ4v) is 4.14. The quantitative estimate of drug-likeness (QED) is 0.780. The maximum Gasteiger partial charge on any atom is 0.197 e. The van der Waals surface area contributed by atoms with Crippen molar-refractivity contribution in [3.63, 3.8) is 0 Å². The van der Waals surface area contributed by atoms with Gasteiger partial charge in [-0.15, -0.1) is 0 Å². The second kappa shape index (κ2) is 5.73. The molecule has 0 aromatic heterocycles. The number of phenolic OH excluding ortho intramolecular Hbond substituents is 1.